The van der Waals surface area contributed by atoms with E-state index < -0.39 is 0 Å². The van der Waals surface area contributed by atoms with Crippen molar-refractivity contribution in [1.82, 2.24) is 5.32 Å². The van der Waals surface area contributed by atoms with Crippen LogP contribution in [0.5, 0.6) is 0 Å². The predicted molar refractivity (Wildman–Crippen MR) is 38.9 cm³/mol. The fraction of sp³-hybridized carbons (Fsp3) is 1.00. The molecule has 0 aliphatic carbocycles. The normalized spacial score (nSPS) is 42.7. The molecule has 0 radical (unpaired) electrons. The molecule has 0 amide bonds. The molecule has 3 heteroatoms. The number of ether oxygens (including phenoxy) is 1. The highest BCUT2D eigenvalue weighted by Crippen LogP contribution is 2.26. The van der Waals surface area contributed by atoms with Crippen molar-refractivity contribution in [2.24, 2.45) is 0 Å². The summed E-state index contributed by atoms with van der Waals surface area (Å²) < 4.78 is 5.33. The maximum absolute atomic E-state index is 5.33. The highest BCUT2D eigenvalue weighted by molar-refractivity contribution is 8.00. The van der Waals surface area contributed by atoms with Gasteiger partial charge in [-0.25, -0.2) is 0 Å². The van der Waals surface area contributed by atoms with Gasteiger partial charge in [0.2, 0.25) is 0 Å². The Morgan fingerprint density at radius 2 is 2.56 bits per heavy atom. The van der Waals surface area contributed by atoms with Crippen LogP contribution in [0.25, 0.3) is 0 Å². The van der Waals surface area contributed by atoms with Crippen molar-refractivity contribution in [3.63, 3.8) is 0 Å². The van der Waals surface area contributed by atoms with Gasteiger partial charge in [0.25, 0.3) is 0 Å². The maximum atomic E-state index is 5.33. The highest BCUT2D eigenvalue weighted by atomic mass is 32.2. The number of nitrogens with one attached hydrogen (secondary N) is 1. The zero-order chi connectivity index (χ0) is 6.10. The zero-order valence-corrected chi connectivity index (χ0v) is 6.12. The summed E-state index contributed by atoms with van der Waals surface area (Å²) in [5.74, 6) is 1.25. The summed E-state index contributed by atoms with van der Waals surface area (Å²) in [5, 5.41) is 4.14. The molecule has 2 atom stereocenters. The van der Waals surface area contributed by atoms with Crippen LogP contribution in [0.4, 0.5) is 0 Å². The molecule has 2 aliphatic heterocycles. The minimum atomic E-state index is 0.525. The fourth-order valence-electron chi connectivity index (χ4n) is 1.18. The first-order chi connectivity index (χ1) is 4.47. The molecule has 0 bridgehead atoms. The summed E-state index contributed by atoms with van der Waals surface area (Å²) >= 11 is 2.05. The molecule has 0 aromatic rings. The first kappa shape index (κ1) is 6.01. The average molecular weight is 145 g/mol. The molecular weight excluding hydrogens is 134 g/mol. The molecule has 0 spiro atoms. The van der Waals surface area contributed by atoms with E-state index in [9.17, 15) is 0 Å². The first-order valence-corrected chi connectivity index (χ1v) is 4.45. The van der Waals surface area contributed by atoms with Crippen molar-refractivity contribution >= 4 is 11.8 Å². The molecule has 0 aromatic heterocycles. The lowest BCUT2D eigenvalue weighted by atomic mass is 10.2. The SMILES string of the molecule is C1CSC2COC2CN1. The molecule has 2 unspecified atom stereocenters. The monoisotopic (exact) mass is 145 g/mol. The topological polar surface area (TPSA) is 21.3 Å². The fourth-order valence-corrected chi connectivity index (χ4v) is 2.31. The summed E-state index contributed by atoms with van der Waals surface area (Å²) in [5.41, 5.74) is 0. The number of rotatable bonds is 0. The molecule has 1 N–H and O–H groups in total. The van der Waals surface area contributed by atoms with Crippen LogP contribution in [0, 0.1) is 0 Å². The smallest absolute Gasteiger partial charge is 0.0840 e. The lowest BCUT2D eigenvalue weighted by Crippen LogP contribution is -2.46. The van der Waals surface area contributed by atoms with Gasteiger partial charge in [-0.1, -0.05) is 0 Å². The van der Waals surface area contributed by atoms with Gasteiger partial charge in [0.15, 0.2) is 0 Å². The molecule has 0 saturated carbocycles. The molecule has 2 fully saturated rings. The van der Waals surface area contributed by atoms with Crippen molar-refractivity contribution < 1.29 is 4.74 Å². The van der Waals surface area contributed by atoms with E-state index in [1.165, 1.54) is 5.75 Å². The van der Waals surface area contributed by atoms with Crippen LogP contribution in [0.3, 0.4) is 0 Å². The van der Waals surface area contributed by atoms with Crippen molar-refractivity contribution in [3.05, 3.63) is 0 Å². The molecular formula is C6H11NOS. The first-order valence-electron chi connectivity index (χ1n) is 3.41. The number of fused-ring (bicyclic) bond motifs is 1. The minimum Gasteiger partial charge on any atom is -0.374 e. The lowest BCUT2D eigenvalue weighted by molar-refractivity contribution is -0.0378. The molecule has 0 aromatic carbocycles. The van der Waals surface area contributed by atoms with Crippen LogP contribution in [-0.2, 0) is 4.74 Å². The van der Waals surface area contributed by atoms with E-state index in [-0.39, 0.29) is 0 Å². The molecule has 2 aliphatic rings. The molecule has 52 valence electrons. The van der Waals surface area contributed by atoms with E-state index in [1.807, 2.05) is 11.8 Å². The summed E-state index contributed by atoms with van der Waals surface area (Å²) in [6, 6.07) is 0. The van der Waals surface area contributed by atoms with Gasteiger partial charge in [-0.05, 0) is 0 Å². The van der Waals surface area contributed by atoms with Crippen LogP contribution in [0.2, 0.25) is 0 Å². The maximum Gasteiger partial charge on any atom is 0.0840 e. The van der Waals surface area contributed by atoms with Gasteiger partial charge < -0.3 is 10.1 Å². The second kappa shape index (κ2) is 2.48. The molecule has 2 rings (SSSR count). The second-order valence-electron chi connectivity index (χ2n) is 2.49. The number of thioether (sulfide) groups is 1. The number of hydrogen-bond acceptors (Lipinski definition) is 3. The van der Waals surface area contributed by atoms with Crippen LogP contribution in [-0.4, -0.2) is 36.8 Å². The molecule has 9 heavy (non-hydrogen) atoms. The Kier molecular flexibility index (Phi) is 1.66. The quantitative estimate of drug-likeness (QED) is 0.522. The Morgan fingerprint density at radius 1 is 1.56 bits per heavy atom. The van der Waals surface area contributed by atoms with Crippen molar-refractivity contribution in [1.29, 1.82) is 0 Å². The average Bonchev–Trinajstić information content (AvgIpc) is 1.94. The Balaban J connectivity index is 1.90. The van der Waals surface area contributed by atoms with Gasteiger partial charge in [-0.3, -0.25) is 0 Å². The molecule has 2 heterocycles. The van der Waals surface area contributed by atoms with Crippen molar-refractivity contribution in [3.8, 4) is 0 Å². The summed E-state index contributed by atoms with van der Waals surface area (Å²) in [7, 11) is 0. The van der Waals surface area contributed by atoms with Crippen LogP contribution < -0.4 is 5.32 Å². The zero-order valence-electron chi connectivity index (χ0n) is 5.30. The lowest BCUT2D eigenvalue weighted by Gasteiger charge is -2.34. The van der Waals surface area contributed by atoms with E-state index in [0.29, 0.717) is 6.10 Å². The summed E-state index contributed by atoms with van der Waals surface area (Å²) in [4.78, 5) is 0. The van der Waals surface area contributed by atoms with E-state index in [2.05, 4.69) is 5.32 Å². The van der Waals surface area contributed by atoms with Crippen LogP contribution in [0.1, 0.15) is 0 Å². The van der Waals surface area contributed by atoms with Gasteiger partial charge in [0.05, 0.1) is 18.0 Å². The second-order valence-corrected chi connectivity index (χ2v) is 3.83. The van der Waals surface area contributed by atoms with E-state index in [4.69, 9.17) is 4.74 Å². The van der Waals surface area contributed by atoms with Crippen LogP contribution in [0.15, 0.2) is 0 Å². The van der Waals surface area contributed by atoms with Gasteiger partial charge in [-0.2, -0.15) is 11.8 Å². The predicted octanol–water partition coefficient (Wildman–Crippen LogP) is 0.0902. The van der Waals surface area contributed by atoms with E-state index >= 15 is 0 Å². The summed E-state index contributed by atoms with van der Waals surface area (Å²) in [6.07, 6.45) is 0.525. The van der Waals surface area contributed by atoms with Gasteiger partial charge >= 0.3 is 0 Å². The third kappa shape index (κ3) is 1.09. The van der Waals surface area contributed by atoms with Crippen molar-refractivity contribution in [2.45, 2.75) is 11.4 Å². The Morgan fingerprint density at radius 3 is 3.33 bits per heavy atom. The highest BCUT2D eigenvalue weighted by Gasteiger charge is 2.33. The van der Waals surface area contributed by atoms with Gasteiger partial charge in [-0.15, -0.1) is 0 Å². The van der Waals surface area contributed by atoms with Gasteiger partial charge in [0, 0.05) is 18.8 Å². The van der Waals surface area contributed by atoms with Crippen LogP contribution >= 0.6 is 11.8 Å². The van der Waals surface area contributed by atoms with E-state index in [0.717, 1.165) is 24.9 Å². The van der Waals surface area contributed by atoms with Crippen molar-refractivity contribution in [2.75, 3.05) is 25.4 Å². The van der Waals surface area contributed by atoms with Gasteiger partial charge in [0.1, 0.15) is 0 Å². The number of hydrogen-bond donors (Lipinski definition) is 1. The third-order valence-electron chi connectivity index (χ3n) is 1.85. The molecule has 2 nitrogen and oxygen atoms in total. The Bertz CT molecular complexity index is 97.2. The standard InChI is InChI=1S/C6H11NOS/c1-2-9-6-4-8-5(6)3-7-1/h5-7H,1-4H2. The summed E-state index contributed by atoms with van der Waals surface area (Å²) in [6.45, 7) is 3.20. The Labute approximate surface area is 59.3 Å². The Hall–Kier alpha value is 0.270. The van der Waals surface area contributed by atoms with E-state index in [1.54, 1.807) is 0 Å². The third-order valence-corrected chi connectivity index (χ3v) is 3.15. The minimum absolute atomic E-state index is 0.525. The largest absolute Gasteiger partial charge is 0.374 e. The molecule has 2 saturated heterocycles.